The highest BCUT2D eigenvalue weighted by atomic mass is 16.5. The number of benzene rings is 1. The number of amides is 2. The van der Waals surface area contributed by atoms with Crippen LogP contribution in [-0.4, -0.2) is 31.6 Å². The number of rotatable bonds is 3. The molecule has 0 aliphatic rings. The van der Waals surface area contributed by atoms with E-state index in [1.54, 1.807) is 38.4 Å². The zero-order valence-corrected chi connectivity index (χ0v) is 9.36. The van der Waals surface area contributed by atoms with Crippen molar-refractivity contribution < 1.29 is 9.53 Å². The van der Waals surface area contributed by atoms with Gasteiger partial charge in [0.05, 0.1) is 0 Å². The van der Waals surface area contributed by atoms with E-state index in [9.17, 15) is 4.79 Å². The van der Waals surface area contributed by atoms with E-state index in [0.717, 1.165) is 0 Å². The van der Waals surface area contributed by atoms with Gasteiger partial charge in [-0.25, -0.2) is 4.79 Å². The van der Waals surface area contributed by atoms with Gasteiger partial charge in [0.15, 0.2) is 0 Å². The summed E-state index contributed by atoms with van der Waals surface area (Å²) in [6, 6.07) is 6.89. The highest BCUT2D eigenvalue weighted by molar-refractivity contribution is 5.89. The number of urea groups is 1. The zero-order chi connectivity index (χ0) is 12.0. The van der Waals surface area contributed by atoms with Crippen molar-refractivity contribution in [3.05, 3.63) is 24.3 Å². The Morgan fingerprint density at radius 1 is 1.56 bits per heavy atom. The normalized spacial score (nSPS) is 9.06. The second-order valence-electron chi connectivity index (χ2n) is 3.35. The van der Waals surface area contributed by atoms with Crippen LogP contribution in [0.25, 0.3) is 0 Å². The third-order valence-corrected chi connectivity index (χ3v) is 1.81. The molecule has 16 heavy (non-hydrogen) atoms. The third kappa shape index (κ3) is 3.54. The number of ether oxygens (including phenoxy) is 1. The molecule has 0 spiro atoms. The van der Waals surface area contributed by atoms with E-state index in [1.807, 2.05) is 0 Å². The lowest BCUT2D eigenvalue weighted by atomic mass is 10.3. The van der Waals surface area contributed by atoms with Gasteiger partial charge < -0.3 is 15.0 Å². The summed E-state index contributed by atoms with van der Waals surface area (Å²) in [4.78, 5) is 12.8. The molecule has 0 saturated heterocycles. The van der Waals surface area contributed by atoms with Crippen molar-refractivity contribution in [1.82, 2.24) is 4.90 Å². The predicted octanol–water partition coefficient (Wildman–Crippen LogP) is 1.79. The van der Waals surface area contributed by atoms with Crippen molar-refractivity contribution in [1.29, 1.82) is 0 Å². The Labute approximate surface area is 95.2 Å². The molecule has 0 bridgehead atoms. The Hall–Kier alpha value is -2.15. The van der Waals surface area contributed by atoms with E-state index >= 15 is 0 Å². The monoisotopic (exact) mass is 218 g/mol. The van der Waals surface area contributed by atoms with Gasteiger partial charge >= 0.3 is 6.03 Å². The molecule has 1 rings (SSSR count). The van der Waals surface area contributed by atoms with E-state index in [2.05, 4.69) is 11.2 Å². The maximum absolute atomic E-state index is 11.4. The van der Waals surface area contributed by atoms with Crippen LogP contribution in [0.15, 0.2) is 24.3 Å². The van der Waals surface area contributed by atoms with Crippen molar-refractivity contribution in [2.75, 3.05) is 26.0 Å². The largest absolute Gasteiger partial charge is 0.481 e. The van der Waals surface area contributed by atoms with E-state index in [-0.39, 0.29) is 12.6 Å². The van der Waals surface area contributed by atoms with Crippen molar-refractivity contribution in [2.24, 2.45) is 0 Å². The number of hydrogen-bond donors (Lipinski definition) is 1. The Morgan fingerprint density at radius 3 is 2.94 bits per heavy atom. The lowest BCUT2D eigenvalue weighted by Crippen LogP contribution is -2.27. The SMILES string of the molecule is C#CCOc1cccc(NC(=O)N(C)C)c1. The molecule has 1 aromatic rings. The standard InChI is InChI=1S/C12H14N2O2/c1-4-8-16-11-7-5-6-10(9-11)13-12(15)14(2)3/h1,5-7,9H,8H2,2-3H3,(H,13,15). The van der Waals surface area contributed by atoms with Crippen molar-refractivity contribution in [3.8, 4) is 18.1 Å². The van der Waals surface area contributed by atoms with E-state index in [1.165, 1.54) is 4.90 Å². The molecule has 1 aromatic carbocycles. The van der Waals surface area contributed by atoms with Gasteiger partial charge in [0.1, 0.15) is 12.4 Å². The van der Waals surface area contributed by atoms with Crippen LogP contribution in [0.1, 0.15) is 0 Å². The molecule has 0 aliphatic heterocycles. The molecule has 0 saturated carbocycles. The molecule has 0 atom stereocenters. The molecular formula is C12H14N2O2. The van der Waals surface area contributed by atoms with E-state index in [4.69, 9.17) is 11.2 Å². The number of hydrogen-bond acceptors (Lipinski definition) is 2. The summed E-state index contributed by atoms with van der Waals surface area (Å²) >= 11 is 0. The van der Waals surface area contributed by atoms with Crippen molar-refractivity contribution in [3.63, 3.8) is 0 Å². The van der Waals surface area contributed by atoms with Gasteiger partial charge in [0, 0.05) is 25.8 Å². The maximum atomic E-state index is 11.4. The summed E-state index contributed by atoms with van der Waals surface area (Å²) in [7, 11) is 3.35. The molecule has 0 heterocycles. The molecule has 2 amide bonds. The fourth-order valence-electron chi connectivity index (χ4n) is 1.02. The van der Waals surface area contributed by atoms with E-state index in [0.29, 0.717) is 11.4 Å². The molecule has 84 valence electrons. The van der Waals surface area contributed by atoms with Gasteiger partial charge in [0.25, 0.3) is 0 Å². The predicted molar refractivity (Wildman–Crippen MR) is 63.5 cm³/mol. The van der Waals surface area contributed by atoms with Crippen molar-refractivity contribution in [2.45, 2.75) is 0 Å². The second kappa shape index (κ2) is 5.66. The minimum Gasteiger partial charge on any atom is -0.481 e. The molecule has 0 aromatic heterocycles. The molecule has 0 aliphatic carbocycles. The van der Waals surface area contributed by atoms with E-state index < -0.39 is 0 Å². The lowest BCUT2D eigenvalue weighted by molar-refractivity contribution is 0.230. The van der Waals surface area contributed by atoms with Crippen LogP contribution < -0.4 is 10.1 Å². The van der Waals surface area contributed by atoms with Gasteiger partial charge in [-0.15, -0.1) is 6.42 Å². The molecule has 0 radical (unpaired) electrons. The molecule has 4 heteroatoms. The summed E-state index contributed by atoms with van der Waals surface area (Å²) < 4.78 is 5.24. The smallest absolute Gasteiger partial charge is 0.321 e. The molecule has 1 N–H and O–H groups in total. The Kier molecular flexibility index (Phi) is 4.22. The zero-order valence-electron chi connectivity index (χ0n) is 9.36. The topological polar surface area (TPSA) is 41.6 Å². The second-order valence-corrected chi connectivity index (χ2v) is 3.35. The van der Waals surface area contributed by atoms with Crippen LogP contribution in [0.2, 0.25) is 0 Å². The molecule has 0 fully saturated rings. The number of anilines is 1. The molecule has 0 unspecified atom stereocenters. The number of terminal acetylenes is 1. The molecule has 4 nitrogen and oxygen atoms in total. The average Bonchev–Trinajstić information content (AvgIpc) is 2.26. The Bertz CT molecular complexity index is 408. The quantitative estimate of drug-likeness (QED) is 0.786. The highest BCUT2D eigenvalue weighted by Gasteiger charge is 2.04. The first-order chi connectivity index (χ1) is 7.63. The number of nitrogens with zero attached hydrogens (tertiary/aromatic N) is 1. The highest BCUT2D eigenvalue weighted by Crippen LogP contribution is 2.17. The fourth-order valence-corrected chi connectivity index (χ4v) is 1.02. The van der Waals surface area contributed by atoms with Crippen molar-refractivity contribution >= 4 is 11.7 Å². The summed E-state index contributed by atoms with van der Waals surface area (Å²) in [5.41, 5.74) is 0.674. The number of carbonyl (C=O) groups is 1. The summed E-state index contributed by atoms with van der Waals surface area (Å²) in [5, 5.41) is 2.71. The van der Waals surface area contributed by atoms with Crippen LogP contribution in [0, 0.1) is 12.3 Å². The van der Waals surface area contributed by atoms with Gasteiger partial charge in [0.2, 0.25) is 0 Å². The first-order valence-corrected chi connectivity index (χ1v) is 4.78. The number of nitrogens with one attached hydrogen (secondary N) is 1. The third-order valence-electron chi connectivity index (χ3n) is 1.81. The lowest BCUT2D eigenvalue weighted by Gasteiger charge is -2.12. The van der Waals surface area contributed by atoms with Gasteiger partial charge in [-0.05, 0) is 12.1 Å². The first-order valence-electron chi connectivity index (χ1n) is 4.78. The van der Waals surface area contributed by atoms with Gasteiger partial charge in [-0.1, -0.05) is 12.0 Å². The van der Waals surface area contributed by atoms with Crippen LogP contribution >= 0.6 is 0 Å². The maximum Gasteiger partial charge on any atom is 0.321 e. The van der Waals surface area contributed by atoms with Crippen LogP contribution in [0.4, 0.5) is 10.5 Å². The summed E-state index contributed by atoms with van der Waals surface area (Å²) in [5.74, 6) is 3.01. The van der Waals surface area contributed by atoms with Crippen LogP contribution in [-0.2, 0) is 0 Å². The Morgan fingerprint density at radius 2 is 2.31 bits per heavy atom. The first kappa shape index (κ1) is 11.9. The van der Waals surface area contributed by atoms with Gasteiger partial charge in [-0.3, -0.25) is 0 Å². The Balaban J connectivity index is 2.68. The summed E-state index contributed by atoms with van der Waals surface area (Å²) in [6.45, 7) is 0.213. The minimum atomic E-state index is -0.186. The van der Waals surface area contributed by atoms with Gasteiger partial charge in [-0.2, -0.15) is 0 Å². The fraction of sp³-hybridized carbons (Fsp3) is 0.250. The number of carbonyl (C=O) groups excluding carboxylic acids is 1. The summed E-state index contributed by atoms with van der Waals surface area (Å²) in [6.07, 6.45) is 5.08. The minimum absolute atomic E-state index is 0.186. The average molecular weight is 218 g/mol. The molecular weight excluding hydrogens is 204 g/mol. The van der Waals surface area contributed by atoms with Crippen LogP contribution in [0.3, 0.4) is 0 Å². The van der Waals surface area contributed by atoms with Crippen LogP contribution in [0.5, 0.6) is 5.75 Å².